The first-order valence-corrected chi connectivity index (χ1v) is 20.1. The molecule has 1 heterocycles. The molecule has 0 unspecified atom stereocenters. The summed E-state index contributed by atoms with van der Waals surface area (Å²) in [4.78, 5) is 14.2. The molecule has 0 saturated heterocycles. The summed E-state index contributed by atoms with van der Waals surface area (Å²) in [5.41, 5.74) is 5.50. The van der Waals surface area contributed by atoms with E-state index in [9.17, 15) is 4.79 Å². The van der Waals surface area contributed by atoms with Crippen molar-refractivity contribution >= 4 is 74.9 Å². The van der Waals surface area contributed by atoms with Crippen molar-refractivity contribution in [1.82, 2.24) is 0 Å². The zero-order chi connectivity index (χ0) is 40.1. The Bertz CT molecular complexity index is 2130. The molecule has 6 rings (SSSR count). The number of fused-ring (bicyclic) bond motifs is 1. The van der Waals surface area contributed by atoms with Gasteiger partial charge < -0.3 is 24.8 Å². The first kappa shape index (κ1) is 41.1. The Labute approximate surface area is 349 Å². The molecule has 0 radical (unpaired) electrons. The third kappa shape index (κ3) is 8.85. The maximum Gasteiger partial charge on any atom is 0.341 e. The van der Waals surface area contributed by atoms with E-state index in [0.717, 1.165) is 56.3 Å². The van der Waals surface area contributed by atoms with Crippen LogP contribution in [0.4, 0.5) is 11.4 Å². The Morgan fingerprint density at radius 3 is 1.30 bits per heavy atom. The molecule has 0 bridgehead atoms. The van der Waals surface area contributed by atoms with Crippen LogP contribution >= 0.6 is 46.4 Å². The molecule has 10 heteroatoms. The van der Waals surface area contributed by atoms with Crippen molar-refractivity contribution in [2.45, 2.75) is 59.2 Å². The summed E-state index contributed by atoms with van der Waals surface area (Å²) in [6.45, 7) is 13.3. The Hall–Kier alpha value is -4.59. The van der Waals surface area contributed by atoms with E-state index in [2.05, 4.69) is 38.3 Å². The van der Waals surface area contributed by atoms with Crippen LogP contribution in [0.1, 0.15) is 79.7 Å². The van der Waals surface area contributed by atoms with Gasteiger partial charge in [-0.1, -0.05) is 94.9 Å². The first-order valence-electron chi connectivity index (χ1n) is 18.6. The van der Waals surface area contributed by atoms with E-state index in [0.29, 0.717) is 13.2 Å². The normalized spacial score (nSPS) is 15.5. The molecule has 0 fully saturated rings. The second kappa shape index (κ2) is 17.7. The lowest BCUT2D eigenvalue weighted by molar-refractivity contribution is 0.0300. The standard InChI is InChI=1S/C46H44Cl4N2O4/c1-7-54-35-21-13-31(14-22-35)37(29-9-17-33(18-10-29)51-27(3)4)25-46(40-39(45(53)56-46)41(47)43(49)44(50)42(40)48)26-38(32-15-23-36(24-16-32)55-8-2)30-11-19-34(20-12-30)52-28(5)6/h9-28,51-52H,7-8H2,1-6H3/b37-25-,38-26-. The highest BCUT2D eigenvalue weighted by Crippen LogP contribution is 2.53. The molecule has 0 amide bonds. The van der Waals surface area contributed by atoms with Gasteiger partial charge in [0.2, 0.25) is 0 Å². The zero-order valence-corrected chi connectivity index (χ0v) is 35.1. The van der Waals surface area contributed by atoms with Crippen LogP contribution < -0.4 is 20.1 Å². The predicted molar refractivity (Wildman–Crippen MR) is 233 cm³/mol. The number of ether oxygens (including phenoxy) is 3. The van der Waals surface area contributed by atoms with Gasteiger partial charge in [-0.2, -0.15) is 0 Å². The van der Waals surface area contributed by atoms with Crippen molar-refractivity contribution in [3.63, 3.8) is 0 Å². The minimum Gasteiger partial charge on any atom is -0.494 e. The van der Waals surface area contributed by atoms with Gasteiger partial charge in [0.15, 0.2) is 5.60 Å². The Morgan fingerprint density at radius 1 is 0.589 bits per heavy atom. The number of hydrogen-bond donors (Lipinski definition) is 2. The van der Waals surface area contributed by atoms with Gasteiger partial charge in [0.1, 0.15) is 11.5 Å². The number of carbonyl (C=O) groups is 1. The van der Waals surface area contributed by atoms with Crippen LogP contribution in [0.2, 0.25) is 20.1 Å². The Kier molecular flexibility index (Phi) is 13.0. The molecule has 5 aromatic carbocycles. The van der Waals surface area contributed by atoms with Crippen molar-refractivity contribution in [3.8, 4) is 11.5 Å². The summed E-state index contributed by atoms with van der Waals surface area (Å²) in [7, 11) is 0. The molecule has 2 N–H and O–H groups in total. The summed E-state index contributed by atoms with van der Waals surface area (Å²) >= 11 is 27.4. The SMILES string of the molecule is CCOc1ccc(/C(=C\C2(/C=C(/c3ccc(NC(C)C)cc3)c3ccc(OCC)cc3)OC(=O)c3c(Cl)c(Cl)c(Cl)c(Cl)c32)c2ccc(NC(C)C)cc2)cc1. The molecule has 6 nitrogen and oxygen atoms in total. The quantitative estimate of drug-likeness (QED) is 0.0660. The van der Waals surface area contributed by atoms with Crippen molar-refractivity contribution in [1.29, 1.82) is 0 Å². The number of halogens is 4. The number of rotatable bonds is 14. The maximum absolute atomic E-state index is 14.2. The summed E-state index contributed by atoms with van der Waals surface area (Å²) < 4.78 is 18.1. The van der Waals surface area contributed by atoms with E-state index in [-0.39, 0.29) is 43.3 Å². The van der Waals surface area contributed by atoms with Crippen molar-refractivity contribution in [2.75, 3.05) is 23.8 Å². The summed E-state index contributed by atoms with van der Waals surface area (Å²) in [5, 5.41) is 6.92. The van der Waals surface area contributed by atoms with E-state index < -0.39 is 11.6 Å². The number of anilines is 2. The lowest BCUT2D eigenvalue weighted by atomic mass is 9.83. The molecule has 5 aromatic rings. The number of nitrogens with one attached hydrogen (secondary N) is 2. The van der Waals surface area contributed by atoms with Crippen molar-refractivity contribution in [2.24, 2.45) is 0 Å². The number of hydrogen-bond acceptors (Lipinski definition) is 6. The Balaban J connectivity index is 1.70. The van der Waals surface area contributed by atoms with Gasteiger partial charge >= 0.3 is 5.97 Å². The van der Waals surface area contributed by atoms with E-state index in [4.69, 9.17) is 60.6 Å². The lowest BCUT2D eigenvalue weighted by Crippen LogP contribution is -2.23. The topological polar surface area (TPSA) is 68.8 Å². The van der Waals surface area contributed by atoms with Crippen LogP contribution in [-0.4, -0.2) is 31.3 Å². The second-order valence-corrected chi connectivity index (χ2v) is 15.5. The van der Waals surface area contributed by atoms with Gasteiger partial charge in [-0.05, 0) is 136 Å². The van der Waals surface area contributed by atoms with Gasteiger partial charge in [0, 0.05) is 29.0 Å². The molecule has 0 saturated carbocycles. The van der Waals surface area contributed by atoms with Crippen LogP contribution in [0.15, 0.2) is 109 Å². The molecular weight excluding hydrogens is 786 g/mol. The fraction of sp³-hybridized carbons (Fsp3) is 0.239. The Morgan fingerprint density at radius 2 is 0.946 bits per heavy atom. The highest BCUT2D eigenvalue weighted by atomic mass is 35.5. The molecule has 1 aliphatic heterocycles. The number of carbonyl (C=O) groups excluding carboxylic acids is 1. The average Bonchev–Trinajstić information content (AvgIpc) is 3.47. The highest BCUT2D eigenvalue weighted by molar-refractivity contribution is 6.53. The van der Waals surface area contributed by atoms with Crippen molar-refractivity contribution < 1.29 is 19.0 Å². The van der Waals surface area contributed by atoms with Crippen LogP contribution in [0.3, 0.4) is 0 Å². The van der Waals surface area contributed by atoms with Crippen LogP contribution in [0.5, 0.6) is 11.5 Å². The van der Waals surface area contributed by atoms with Crippen LogP contribution in [0.25, 0.3) is 11.1 Å². The molecular formula is C46H44Cl4N2O4. The van der Waals surface area contributed by atoms with Crippen molar-refractivity contribution in [3.05, 3.63) is 163 Å². The fourth-order valence-corrected chi connectivity index (χ4v) is 7.82. The number of esters is 1. The monoisotopic (exact) mass is 828 g/mol. The average molecular weight is 831 g/mol. The number of benzene rings is 5. The third-order valence-electron chi connectivity index (χ3n) is 9.10. The predicted octanol–water partition coefficient (Wildman–Crippen LogP) is 13.4. The fourth-order valence-electron chi connectivity index (χ4n) is 6.74. The van der Waals surface area contributed by atoms with Gasteiger partial charge in [-0.25, -0.2) is 4.79 Å². The summed E-state index contributed by atoms with van der Waals surface area (Å²) in [6.07, 6.45) is 3.82. The molecule has 0 spiro atoms. The second-order valence-electron chi connectivity index (χ2n) is 14.0. The van der Waals surface area contributed by atoms with Gasteiger partial charge in [-0.15, -0.1) is 0 Å². The lowest BCUT2D eigenvalue weighted by Gasteiger charge is -2.27. The zero-order valence-electron chi connectivity index (χ0n) is 32.1. The molecule has 0 aliphatic carbocycles. The molecule has 1 aliphatic rings. The largest absolute Gasteiger partial charge is 0.494 e. The highest BCUT2D eigenvalue weighted by Gasteiger charge is 2.48. The molecule has 56 heavy (non-hydrogen) atoms. The van der Waals surface area contributed by atoms with Gasteiger partial charge in [-0.3, -0.25) is 0 Å². The summed E-state index contributed by atoms with van der Waals surface area (Å²) in [5.74, 6) is 0.760. The maximum atomic E-state index is 14.2. The molecule has 0 aromatic heterocycles. The van der Waals surface area contributed by atoms with E-state index in [1.54, 1.807) is 0 Å². The van der Waals surface area contributed by atoms with E-state index >= 15 is 0 Å². The third-order valence-corrected chi connectivity index (χ3v) is 10.9. The minimum absolute atomic E-state index is 0.0139. The smallest absolute Gasteiger partial charge is 0.341 e. The van der Waals surface area contributed by atoms with Gasteiger partial charge in [0.25, 0.3) is 0 Å². The number of cyclic esters (lactones) is 1. The molecule has 290 valence electrons. The van der Waals surface area contributed by atoms with Gasteiger partial charge in [0.05, 0.1) is 38.9 Å². The van der Waals surface area contributed by atoms with E-state index in [1.807, 2.05) is 123 Å². The summed E-state index contributed by atoms with van der Waals surface area (Å²) in [6, 6.07) is 32.2. The minimum atomic E-state index is -1.65. The molecule has 0 atom stereocenters. The van der Waals surface area contributed by atoms with Crippen LogP contribution in [0, 0.1) is 0 Å². The first-order chi connectivity index (χ1) is 26.8. The van der Waals surface area contributed by atoms with Crippen LogP contribution in [-0.2, 0) is 10.3 Å². The van der Waals surface area contributed by atoms with E-state index in [1.165, 1.54) is 0 Å².